The molecule has 0 spiro atoms. The second-order valence-corrected chi connectivity index (χ2v) is 2.37. The van der Waals surface area contributed by atoms with Crippen molar-refractivity contribution in [3.63, 3.8) is 0 Å². The fourth-order valence-corrected chi connectivity index (χ4v) is 0.202. The number of carboxylic acid groups (broad SMARTS) is 2. The van der Waals surface area contributed by atoms with Crippen LogP contribution in [0.15, 0.2) is 0 Å². The van der Waals surface area contributed by atoms with Crippen LogP contribution in [0.1, 0.15) is 6.92 Å². The van der Waals surface area contributed by atoms with Gasteiger partial charge in [-0.05, 0) is 0 Å². The van der Waals surface area contributed by atoms with Crippen molar-refractivity contribution in [1.29, 1.82) is 0 Å². The van der Waals surface area contributed by atoms with Gasteiger partial charge in [-0.1, -0.05) is 0 Å². The molecule has 0 aromatic rings. The van der Waals surface area contributed by atoms with Gasteiger partial charge in [-0.15, -0.1) is 0 Å². The molecule has 0 unspecified atom stereocenters. The van der Waals surface area contributed by atoms with Crippen LogP contribution in [-0.2, 0) is 23.9 Å². The van der Waals surface area contributed by atoms with E-state index in [0.29, 0.717) is 0 Å². The number of nitrogens with two attached hydrogens (primary N) is 3. The summed E-state index contributed by atoms with van der Waals surface area (Å²) < 4.78 is 4.00. The van der Waals surface area contributed by atoms with Gasteiger partial charge in [0.05, 0.1) is 19.6 Å². The minimum atomic E-state index is -0.968. The Balaban J connectivity index is -0.000000197. The Morgan fingerprint density at radius 1 is 0.889 bits per heavy atom. The van der Waals surface area contributed by atoms with E-state index in [1.807, 2.05) is 0 Å². The molecule has 0 radical (unpaired) electrons. The van der Waals surface area contributed by atoms with Crippen molar-refractivity contribution in [3.8, 4) is 0 Å². The van der Waals surface area contributed by atoms with Crippen molar-refractivity contribution >= 4 is 23.9 Å². The largest absolute Gasteiger partial charge is 0.480 e. The average molecular weight is 267 g/mol. The molecule has 10 nitrogen and oxygen atoms in total. The summed E-state index contributed by atoms with van der Waals surface area (Å²) in [7, 11) is 0. The fraction of sp³-hybridized carbons (Fsp3) is 0.500. The smallest absolute Gasteiger partial charge is 0.327 e. The van der Waals surface area contributed by atoms with Gasteiger partial charge in [0.25, 0.3) is 0 Å². The third-order valence-electron chi connectivity index (χ3n) is 0.773. The predicted octanol–water partition coefficient (Wildman–Crippen LogP) is -2.91. The topological polar surface area (TPSA) is 196 Å². The van der Waals surface area contributed by atoms with Gasteiger partial charge in [0.15, 0.2) is 0 Å². The summed E-state index contributed by atoms with van der Waals surface area (Å²) in [5, 5.41) is 15.2. The molecule has 0 aliphatic heterocycles. The third kappa shape index (κ3) is 37.0. The number of carboxylic acids is 2. The highest BCUT2D eigenvalue weighted by Crippen LogP contribution is 1.74. The maximum absolute atomic E-state index is 10.1. The van der Waals surface area contributed by atoms with Gasteiger partial charge in [0, 0.05) is 6.92 Å². The summed E-state index contributed by atoms with van der Waals surface area (Å²) in [5.74, 6) is -3.26. The molecule has 0 rings (SSSR count). The first-order chi connectivity index (χ1) is 8.20. The van der Waals surface area contributed by atoms with E-state index in [1.165, 1.54) is 0 Å². The van der Waals surface area contributed by atoms with Crippen LogP contribution < -0.4 is 17.2 Å². The molecular weight excluding hydrogens is 250 g/mol. The molecule has 0 fully saturated rings. The van der Waals surface area contributed by atoms with Crippen LogP contribution in [-0.4, -0.2) is 53.7 Å². The van der Waals surface area contributed by atoms with Crippen LogP contribution >= 0.6 is 0 Å². The normalized spacial score (nSPS) is 7.78. The van der Waals surface area contributed by atoms with E-state index in [9.17, 15) is 19.2 Å². The molecule has 8 N–H and O–H groups in total. The Morgan fingerprint density at radius 2 is 1.17 bits per heavy atom. The number of esters is 2. The molecular formula is C8H17N3O7. The highest BCUT2D eigenvalue weighted by atomic mass is 16.6. The van der Waals surface area contributed by atoms with Gasteiger partial charge >= 0.3 is 23.9 Å². The Labute approximate surface area is 103 Å². The van der Waals surface area contributed by atoms with Crippen molar-refractivity contribution in [2.24, 2.45) is 17.2 Å². The maximum atomic E-state index is 10.1. The number of carbonyl (C=O) groups is 4. The van der Waals surface area contributed by atoms with Crippen LogP contribution in [0.4, 0.5) is 0 Å². The van der Waals surface area contributed by atoms with E-state index in [0.717, 1.165) is 6.92 Å². The van der Waals surface area contributed by atoms with Crippen LogP contribution in [0.5, 0.6) is 0 Å². The van der Waals surface area contributed by atoms with Gasteiger partial charge in [0.1, 0.15) is 0 Å². The van der Waals surface area contributed by atoms with Gasteiger partial charge in [0.2, 0.25) is 0 Å². The van der Waals surface area contributed by atoms with Gasteiger partial charge < -0.3 is 32.2 Å². The van der Waals surface area contributed by atoms with Crippen LogP contribution in [0.3, 0.4) is 0 Å². The number of aliphatic carboxylic acids is 2. The van der Waals surface area contributed by atoms with Crippen molar-refractivity contribution in [1.82, 2.24) is 0 Å². The highest BCUT2D eigenvalue weighted by molar-refractivity contribution is 5.85. The molecule has 0 aliphatic rings. The summed E-state index contributed by atoms with van der Waals surface area (Å²) in [6, 6.07) is 0. The van der Waals surface area contributed by atoms with E-state index in [-0.39, 0.29) is 19.6 Å². The Hall–Kier alpha value is -2.04. The Morgan fingerprint density at radius 3 is 1.22 bits per heavy atom. The van der Waals surface area contributed by atoms with E-state index < -0.39 is 23.9 Å². The number of hydrogen-bond donors (Lipinski definition) is 5. The van der Waals surface area contributed by atoms with E-state index in [4.69, 9.17) is 15.9 Å². The first-order valence-electron chi connectivity index (χ1n) is 4.46. The van der Waals surface area contributed by atoms with Crippen molar-refractivity contribution < 1.29 is 34.1 Å². The predicted molar refractivity (Wildman–Crippen MR) is 59.2 cm³/mol. The summed E-state index contributed by atoms with van der Waals surface area (Å²) in [5.41, 5.74) is 13.9. The summed E-state index contributed by atoms with van der Waals surface area (Å²) in [6.45, 7) is 0.340. The van der Waals surface area contributed by atoms with E-state index in [2.05, 4.69) is 16.2 Å². The van der Waals surface area contributed by atoms with Crippen LogP contribution in [0.2, 0.25) is 0 Å². The molecule has 106 valence electrons. The average Bonchev–Trinajstić information content (AvgIpc) is 2.29. The number of ether oxygens (including phenoxy) is 1. The molecule has 0 aromatic carbocycles. The van der Waals surface area contributed by atoms with Gasteiger partial charge in [-0.2, -0.15) is 0 Å². The van der Waals surface area contributed by atoms with E-state index in [1.54, 1.807) is 0 Å². The van der Waals surface area contributed by atoms with Crippen molar-refractivity contribution in [3.05, 3.63) is 0 Å². The first-order valence-corrected chi connectivity index (χ1v) is 4.46. The van der Waals surface area contributed by atoms with Gasteiger partial charge in [-0.3, -0.25) is 19.2 Å². The lowest BCUT2D eigenvalue weighted by Crippen LogP contribution is -2.18. The minimum absolute atomic E-state index is 0.250. The second kappa shape index (κ2) is 15.0. The lowest BCUT2D eigenvalue weighted by molar-refractivity contribution is -0.157. The molecule has 0 bridgehead atoms. The fourth-order valence-electron chi connectivity index (χ4n) is 0.202. The molecule has 0 saturated heterocycles. The molecule has 10 heteroatoms. The number of rotatable bonds is 3. The Kier molecular flexibility index (Phi) is 17.7. The SMILES string of the molecule is CC(=O)OC(=O)CN.NCC(=O)O.NCC(=O)O. The Bertz CT molecular complexity index is 266. The quantitative estimate of drug-likeness (QED) is 0.261. The van der Waals surface area contributed by atoms with Crippen molar-refractivity contribution in [2.75, 3.05) is 19.6 Å². The highest BCUT2D eigenvalue weighted by Gasteiger charge is 1.99. The molecule has 0 heterocycles. The summed E-state index contributed by atoms with van der Waals surface area (Å²) in [4.78, 5) is 38.5. The summed E-state index contributed by atoms with van der Waals surface area (Å²) >= 11 is 0. The van der Waals surface area contributed by atoms with Gasteiger partial charge in [-0.25, -0.2) is 0 Å². The van der Waals surface area contributed by atoms with Crippen LogP contribution in [0, 0.1) is 0 Å². The maximum Gasteiger partial charge on any atom is 0.327 e. The zero-order valence-electron chi connectivity index (χ0n) is 9.79. The molecule has 0 saturated carbocycles. The van der Waals surface area contributed by atoms with Crippen LogP contribution in [0.25, 0.3) is 0 Å². The van der Waals surface area contributed by atoms with E-state index >= 15 is 0 Å². The molecule has 0 aliphatic carbocycles. The van der Waals surface area contributed by atoms with Crippen molar-refractivity contribution in [2.45, 2.75) is 6.92 Å². The zero-order chi connectivity index (χ0) is 15.1. The monoisotopic (exact) mass is 267 g/mol. The molecule has 0 aromatic heterocycles. The molecule has 0 amide bonds. The lowest BCUT2D eigenvalue weighted by atomic mass is 10.7. The summed E-state index contributed by atoms with van der Waals surface area (Å²) in [6.07, 6.45) is 0. The zero-order valence-corrected chi connectivity index (χ0v) is 9.79. The number of carbonyl (C=O) groups excluding carboxylic acids is 2. The second-order valence-electron chi connectivity index (χ2n) is 2.37. The standard InChI is InChI=1S/C4H7NO3.2C2H5NO2/c1-3(6)8-4(7)2-5;2*3-1-2(4)5/h2,5H2,1H3;2*1,3H2,(H,4,5). The lowest BCUT2D eigenvalue weighted by Gasteiger charge is -1.92. The number of hydrogen-bond acceptors (Lipinski definition) is 8. The molecule has 18 heavy (non-hydrogen) atoms. The molecule has 0 atom stereocenters. The minimum Gasteiger partial charge on any atom is -0.480 e. The third-order valence-corrected chi connectivity index (χ3v) is 0.773. The first kappa shape index (κ1) is 21.3.